The number of rotatable bonds is 27. The Labute approximate surface area is 225 Å². The average molecular weight is 618 g/mol. The molecule has 38 heavy (non-hydrogen) atoms. The van der Waals surface area contributed by atoms with Crippen molar-refractivity contribution in [3.8, 4) is 0 Å². The number of phosphoric ester groups is 1. The molecule has 19 heteroatoms. The van der Waals surface area contributed by atoms with Crippen LogP contribution in [-0.4, -0.2) is 104 Å². The van der Waals surface area contributed by atoms with Crippen molar-refractivity contribution >= 4 is 39.2 Å². The predicted molar refractivity (Wildman–Crippen MR) is 136 cm³/mol. The summed E-state index contributed by atoms with van der Waals surface area (Å²) < 4.78 is 60.1. The van der Waals surface area contributed by atoms with Gasteiger partial charge in [0.05, 0.1) is 58.6 Å². The molecule has 0 aromatic carbocycles. The first-order valence-electron chi connectivity index (χ1n) is 11.9. The van der Waals surface area contributed by atoms with Crippen molar-refractivity contribution in [3.63, 3.8) is 0 Å². The smallest absolute Gasteiger partial charge is 0.377 e. The number of unbranched alkanes of at least 4 members (excludes halogenated alkanes) is 3. The summed E-state index contributed by atoms with van der Waals surface area (Å²) in [6.45, 7) is 2.25. The van der Waals surface area contributed by atoms with Gasteiger partial charge in [0.2, 0.25) is 11.8 Å². The van der Waals surface area contributed by atoms with E-state index in [1.54, 1.807) is 0 Å². The van der Waals surface area contributed by atoms with Crippen LogP contribution < -0.4 is 10.6 Å². The maximum Gasteiger partial charge on any atom is 0.631 e. The van der Waals surface area contributed by atoms with Crippen molar-refractivity contribution < 1.29 is 65.9 Å². The molecule has 0 aliphatic heterocycles. The fourth-order valence-corrected chi connectivity index (χ4v) is 3.99. The number of hydrogen-bond acceptors (Lipinski definition) is 11. The van der Waals surface area contributed by atoms with Gasteiger partial charge in [0.25, 0.3) is 0 Å². The second-order valence-corrected chi connectivity index (χ2v) is 11.2. The molecule has 226 valence electrons. The van der Waals surface area contributed by atoms with E-state index in [1.165, 1.54) is 11.8 Å². The van der Waals surface area contributed by atoms with E-state index in [2.05, 4.69) is 24.4 Å². The minimum absolute atomic E-state index is 0.0787. The number of nitrogens with one attached hydrogen (secondary N) is 2. The third-order valence-corrected chi connectivity index (χ3v) is 6.42. The molecule has 2 atom stereocenters. The molecule has 0 radical (unpaired) electrons. The molecule has 2 amide bonds. The topological polar surface area (TPSA) is 211 Å². The van der Waals surface area contributed by atoms with Gasteiger partial charge in [0.15, 0.2) is 0 Å². The zero-order valence-electron chi connectivity index (χ0n) is 21.2. The van der Waals surface area contributed by atoms with Crippen molar-refractivity contribution in [1.82, 2.24) is 10.6 Å². The maximum absolute atomic E-state index is 11.8. The number of carbonyl (C=O) groups excluding carboxylic acids is 2. The summed E-state index contributed by atoms with van der Waals surface area (Å²) in [6.07, 6.45) is 2.93. The van der Waals surface area contributed by atoms with Gasteiger partial charge in [-0.3, -0.25) is 19.0 Å². The molecule has 0 aliphatic carbocycles. The third-order valence-electron chi connectivity index (χ3n) is 4.25. The van der Waals surface area contributed by atoms with Crippen LogP contribution in [-0.2, 0) is 46.7 Å². The van der Waals surface area contributed by atoms with E-state index in [9.17, 15) is 23.2 Å². The van der Waals surface area contributed by atoms with Crippen molar-refractivity contribution in [1.29, 1.82) is 0 Å². The fourth-order valence-electron chi connectivity index (χ4n) is 2.50. The summed E-state index contributed by atoms with van der Waals surface area (Å²) in [5.74, 6) is 0.473. The van der Waals surface area contributed by atoms with Gasteiger partial charge in [0, 0.05) is 25.3 Å². The number of phosphoric acid groups is 1. The van der Waals surface area contributed by atoms with Gasteiger partial charge in [-0.25, -0.2) is 9.09 Å². The lowest BCUT2D eigenvalue weighted by Crippen LogP contribution is -2.29. The van der Waals surface area contributed by atoms with Crippen molar-refractivity contribution in [3.05, 3.63) is 0 Å². The van der Waals surface area contributed by atoms with E-state index in [1.807, 2.05) is 0 Å². The van der Waals surface area contributed by atoms with Crippen LogP contribution >= 0.6 is 27.4 Å². The largest absolute Gasteiger partial charge is 0.631 e. The highest BCUT2D eigenvalue weighted by Gasteiger charge is 2.21. The predicted octanol–water partition coefficient (Wildman–Crippen LogP) is 0.812. The van der Waals surface area contributed by atoms with Crippen LogP contribution in [0.25, 0.3) is 0 Å². The van der Waals surface area contributed by atoms with Gasteiger partial charge >= 0.3 is 15.6 Å². The second kappa shape index (κ2) is 24.1. The van der Waals surface area contributed by atoms with Crippen molar-refractivity contribution in [2.45, 2.75) is 32.1 Å². The average Bonchev–Trinajstić information content (AvgIpc) is 2.85. The van der Waals surface area contributed by atoms with Crippen LogP contribution in [0.15, 0.2) is 0 Å². The first kappa shape index (κ1) is 37.3. The summed E-state index contributed by atoms with van der Waals surface area (Å²) in [4.78, 5) is 47.5. The molecule has 2 unspecified atom stereocenters. The zero-order chi connectivity index (χ0) is 28.5. The molecule has 0 aromatic rings. The lowest BCUT2D eigenvalue weighted by Gasteiger charge is -2.08. The molecule has 0 spiro atoms. The highest BCUT2D eigenvalue weighted by atomic mass is 32.2. The Morgan fingerprint density at radius 2 is 1.34 bits per heavy atom. The molecular weight excluding hydrogens is 577 g/mol. The van der Waals surface area contributed by atoms with Crippen molar-refractivity contribution in [2.75, 3.05) is 77.5 Å². The van der Waals surface area contributed by atoms with Crippen LogP contribution in [0.5, 0.6) is 0 Å². The molecule has 0 bridgehead atoms. The van der Waals surface area contributed by atoms with E-state index < -0.39 is 15.6 Å². The molecule has 0 saturated carbocycles. The van der Waals surface area contributed by atoms with Crippen LogP contribution in [0.2, 0.25) is 0 Å². The van der Waals surface area contributed by atoms with Crippen LogP contribution in [0.3, 0.4) is 0 Å². The summed E-state index contributed by atoms with van der Waals surface area (Å²) >= 11 is 1.35. The molecule has 0 fully saturated rings. The van der Waals surface area contributed by atoms with E-state index in [-0.39, 0.29) is 44.0 Å². The summed E-state index contributed by atoms with van der Waals surface area (Å²) in [6, 6.07) is 0. The molecule has 0 aromatic heterocycles. The lowest BCUT2D eigenvalue weighted by molar-refractivity contribution is -0.121. The van der Waals surface area contributed by atoms with Gasteiger partial charge in [-0.2, -0.15) is 16.3 Å². The number of thioether (sulfide) groups is 1. The first-order chi connectivity index (χ1) is 18.1. The normalized spacial score (nSPS) is 14.5. The Hall–Kier alpha value is -0.680. The highest BCUT2D eigenvalue weighted by molar-refractivity contribution is 7.99. The van der Waals surface area contributed by atoms with E-state index in [0.717, 1.165) is 12.8 Å². The van der Waals surface area contributed by atoms with Crippen LogP contribution in [0.4, 0.5) is 4.53 Å². The maximum atomic E-state index is 11.8. The molecule has 0 saturated heterocycles. The van der Waals surface area contributed by atoms with Gasteiger partial charge in [0.1, 0.15) is 0 Å². The Morgan fingerprint density at radius 1 is 0.763 bits per heavy atom. The van der Waals surface area contributed by atoms with Gasteiger partial charge < -0.3 is 34.6 Å². The summed E-state index contributed by atoms with van der Waals surface area (Å²) in [7, 11) is -8.78. The first-order valence-corrected chi connectivity index (χ1v) is 16.1. The number of halogens is 1. The number of ether oxygens (including phenoxy) is 3. The van der Waals surface area contributed by atoms with Crippen LogP contribution in [0, 0.1) is 0 Å². The number of hydrogen-bond donors (Lipinski definition) is 4. The molecule has 0 aliphatic rings. The third kappa shape index (κ3) is 28.3. The Morgan fingerprint density at radius 3 is 1.97 bits per heavy atom. The molecular formula is C19H40FN2O13P2S+. The van der Waals surface area contributed by atoms with Gasteiger partial charge in [-0.15, -0.1) is 0 Å². The molecule has 6 N–H and O–H groups in total. The number of amides is 2. The minimum atomic E-state index is -4.57. The molecule has 15 nitrogen and oxygen atoms in total. The van der Waals surface area contributed by atoms with E-state index in [0.29, 0.717) is 64.5 Å². The van der Waals surface area contributed by atoms with Gasteiger partial charge in [-0.05, 0) is 17.4 Å². The van der Waals surface area contributed by atoms with Crippen LogP contribution in [0.1, 0.15) is 32.1 Å². The van der Waals surface area contributed by atoms with E-state index >= 15 is 0 Å². The highest BCUT2D eigenvalue weighted by Crippen LogP contribution is 2.43. The van der Waals surface area contributed by atoms with Gasteiger partial charge in [-0.1, -0.05) is 17.6 Å². The Kier molecular flexibility index (Phi) is 23.7. The number of carbonyl (C=O) groups is 2. The minimum Gasteiger partial charge on any atom is -0.377 e. The Balaban J connectivity index is 3.37. The lowest BCUT2D eigenvalue weighted by atomic mass is 10.2. The van der Waals surface area contributed by atoms with E-state index in [4.69, 9.17) is 28.9 Å². The fraction of sp³-hybridized carbons (Fsp3) is 0.895. The quantitative estimate of drug-likeness (QED) is 0.0572. The summed E-state index contributed by atoms with van der Waals surface area (Å²) in [5, 5.41) is 5.49. The zero-order valence-corrected chi connectivity index (χ0v) is 23.8. The van der Waals surface area contributed by atoms with Crippen molar-refractivity contribution in [2.24, 2.45) is 0 Å². The summed E-state index contributed by atoms with van der Waals surface area (Å²) in [5.41, 5.74) is 0. The monoisotopic (exact) mass is 617 g/mol. The standard InChI is InChI=1S/C19H39FN2O13P2S/c20-35-37(28,29)34-8-4-2-1-3-6-21-18(23)5-16-38-17-19(24)22-7-9-30-10-11-31-12-13-32-14-15-33-36(25,26)27/h1-17H2,(H,21,23)(H,22,24)(H,28,29)(H2,25,26,27)/p+1. The second-order valence-electron chi connectivity index (χ2n) is 7.48. The molecule has 0 rings (SSSR count). The SMILES string of the molecule is O=C(CCSCC(=O)NCCOCCOCCOCCOP(=O)(O)[OH2+])NCCCCCCOP(=O)(O)OF. The molecule has 0 heterocycles. The Bertz CT molecular complexity index is 720.